The van der Waals surface area contributed by atoms with Gasteiger partial charge < -0.3 is 9.08 Å². The van der Waals surface area contributed by atoms with Crippen LogP contribution in [0, 0.1) is 11.7 Å². The maximum absolute atomic E-state index is 13.1. The number of aromatic nitrogens is 2. The number of benzene rings is 2. The number of carbonyl (C=O) groups is 1. The normalized spacial score (nSPS) is 17.8. The molecule has 2 aliphatic rings. The summed E-state index contributed by atoms with van der Waals surface area (Å²) in [5.74, 6) is -0.818. The van der Waals surface area contributed by atoms with Crippen molar-refractivity contribution in [3.05, 3.63) is 74.7 Å². The van der Waals surface area contributed by atoms with Crippen molar-refractivity contribution in [3.63, 3.8) is 0 Å². The first-order valence-corrected chi connectivity index (χ1v) is 12.0. The molecule has 0 aliphatic carbocycles. The number of likely N-dealkylation sites (tertiary alicyclic amines) is 1. The first-order valence-electron chi connectivity index (χ1n) is 10.7. The minimum absolute atomic E-state index is 0.00191. The number of Topliss-reactive ketones (excluding diaryl/α,β-unsaturated/α-hetero) is 1. The monoisotopic (exact) mass is 489 g/mol. The van der Waals surface area contributed by atoms with Gasteiger partial charge in [0, 0.05) is 24.6 Å². The molecule has 5 rings (SSSR count). The summed E-state index contributed by atoms with van der Waals surface area (Å²) in [6, 6.07) is 9.66. The molecule has 0 radical (unpaired) electrons. The van der Waals surface area contributed by atoms with Gasteiger partial charge in [-0.3, -0.25) is 18.4 Å². The van der Waals surface area contributed by atoms with Gasteiger partial charge in [-0.05, 0) is 62.3 Å². The number of nitrogens with zero attached hydrogens (tertiary/aromatic N) is 3. The van der Waals surface area contributed by atoms with E-state index < -0.39 is 27.5 Å². The fourth-order valence-corrected chi connectivity index (χ4v) is 5.12. The summed E-state index contributed by atoms with van der Waals surface area (Å²) in [5.41, 5.74) is -1.12. The van der Waals surface area contributed by atoms with Crippen LogP contribution in [0.25, 0.3) is 10.9 Å². The molecule has 0 atom stereocenters. The molecule has 2 aliphatic heterocycles. The summed E-state index contributed by atoms with van der Waals surface area (Å²) in [4.78, 5) is 40.6. The van der Waals surface area contributed by atoms with Gasteiger partial charge in [0.05, 0.1) is 0 Å². The van der Waals surface area contributed by atoms with E-state index in [1.807, 2.05) is 4.90 Å². The number of hydrogen-bond donors (Lipinski definition) is 0. The standard InChI is InChI=1S/C22H20FN3O7S/c23-16-6-4-14(5-7-16)20(27)15-8-10-24(11-9-15)12-13-25-21(28)19-17-2-1-3-18(19)32-34(30,31)33-26(17)22(25)29/h1-7,15H,8-13H2. The highest BCUT2D eigenvalue weighted by Crippen LogP contribution is 2.25. The molecule has 12 heteroatoms. The van der Waals surface area contributed by atoms with E-state index >= 15 is 0 Å². The van der Waals surface area contributed by atoms with Crippen molar-refractivity contribution in [2.24, 2.45) is 5.92 Å². The Balaban J connectivity index is 1.32. The van der Waals surface area contributed by atoms with Crippen LogP contribution in [0.4, 0.5) is 4.39 Å². The highest BCUT2D eigenvalue weighted by molar-refractivity contribution is 7.82. The van der Waals surface area contributed by atoms with Crippen molar-refractivity contribution in [1.29, 1.82) is 0 Å². The minimum atomic E-state index is -4.57. The van der Waals surface area contributed by atoms with Crippen molar-refractivity contribution in [2.45, 2.75) is 19.4 Å². The zero-order valence-electron chi connectivity index (χ0n) is 17.8. The highest BCUT2D eigenvalue weighted by atomic mass is 32.3. The van der Waals surface area contributed by atoms with Crippen LogP contribution in [0.5, 0.6) is 5.75 Å². The first-order chi connectivity index (χ1) is 16.2. The van der Waals surface area contributed by atoms with Crippen LogP contribution >= 0.6 is 0 Å². The Morgan fingerprint density at radius 2 is 1.74 bits per heavy atom. The number of piperidine rings is 1. The van der Waals surface area contributed by atoms with Gasteiger partial charge in [0.1, 0.15) is 16.7 Å². The molecule has 0 N–H and O–H groups in total. The molecule has 10 nitrogen and oxygen atoms in total. The summed E-state index contributed by atoms with van der Waals surface area (Å²) >= 11 is 0. The molecular weight excluding hydrogens is 469 g/mol. The molecule has 3 aromatic rings. The average molecular weight is 489 g/mol. The molecule has 34 heavy (non-hydrogen) atoms. The maximum Gasteiger partial charge on any atom is 0.520 e. The largest absolute Gasteiger partial charge is 0.520 e. The lowest BCUT2D eigenvalue weighted by Crippen LogP contribution is -2.45. The Morgan fingerprint density at radius 1 is 1.03 bits per heavy atom. The minimum Gasteiger partial charge on any atom is -0.351 e. The molecule has 0 saturated carbocycles. The van der Waals surface area contributed by atoms with Crippen LogP contribution in [0.1, 0.15) is 23.2 Å². The summed E-state index contributed by atoms with van der Waals surface area (Å²) in [5, 5.41) is -0.0632. The van der Waals surface area contributed by atoms with Crippen molar-refractivity contribution in [3.8, 4) is 5.75 Å². The van der Waals surface area contributed by atoms with Gasteiger partial charge in [0.25, 0.3) is 5.56 Å². The van der Waals surface area contributed by atoms with E-state index in [1.165, 1.54) is 42.5 Å². The highest BCUT2D eigenvalue weighted by Gasteiger charge is 2.30. The molecule has 0 spiro atoms. The quantitative estimate of drug-likeness (QED) is 0.487. The lowest BCUT2D eigenvalue weighted by molar-refractivity contribution is 0.0836. The zero-order valence-corrected chi connectivity index (χ0v) is 18.7. The van der Waals surface area contributed by atoms with E-state index in [1.54, 1.807) is 0 Å². The van der Waals surface area contributed by atoms with E-state index in [2.05, 4.69) is 0 Å². The van der Waals surface area contributed by atoms with E-state index in [0.717, 1.165) is 4.57 Å². The van der Waals surface area contributed by atoms with Crippen LogP contribution in [-0.4, -0.2) is 48.0 Å². The molecule has 178 valence electrons. The second-order valence-corrected chi connectivity index (χ2v) is 9.37. The van der Waals surface area contributed by atoms with Crippen molar-refractivity contribution in [2.75, 3.05) is 19.6 Å². The van der Waals surface area contributed by atoms with E-state index in [9.17, 15) is 27.2 Å². The second kappa shape index (κ2) is 8.37. The predicted octanol–water partition coefficient (Wildman–Crippen LogP) is 0.963. The Morgan fingerprint density at radius 3 is 2.44 bits per heavy atom. The molecule has 1 saturated heterocycles. The molecule has 1 aromatic heterocycles. The Bertz CT molecular complexity index is 1500. The molecule has 2 aromatic carbocycles. The van der Waals surface area contributed by atoms with E-state index in [0.29, 0.717) is 42.8 Å². The summed E-state index contributed by atoms with van der Waals surface area (Å²) < 4.78 is 48.2. The van der Waals surface area contributed by atoms with Gasteiger partial charge in [-0.15, -0.1) is 13.1 Å². The lowest BCUT2D eigenvalue weighted by atomic mass is 9.89. The van der Waals surface area contributed by atoms with Gasteiger partial charge in [-0.2, -0.15) is 0 Å². The molecule has 1 fully saturated rings. The molecule has 3 heterocycles. The molecule has 4 bridgehead atoms. The van der Waals surface area contributed by atoms with Crippen LogP contribution in [-0.2, 0) is 16.9 Å². The van der Waals surface area contributed by atoms with Crippen molar-refractivity contribution in [1.82, 2.24) is 14.2 Å². The number of carbonyl (C=O) groups excluding carboxylic acids is 1. The molecule has 0 unspecified atom stereocenters. The topological polar surface area (TPSA) is 117 Å². The predicted molar refractivity (Wildman–Crippen MR) is 118 cm³/mol. The third-order valence-corrected chi connectivity index (χ3v) is 6.89. The second-order valence-electron chi connectivity index (χ2n) is 8.24. The van der Waals surface area contributed by atoms with Crippen molar-refractivity contribution < 1.29 is 26.1 Å². The van der Waals surface area contributed by atoms with E-state index in [-0.39, 0.29) is 34.9 Å². The summed E-state index contributed by atoms with van der Waals surface area (Å²) in [7, 11) is -4.57. The SMILES string of the molecule is O=C(c1ccc(F)cc1)C1CCN(CCn2c(=O)c3c4cccc3n(c2=O)OS(=O)(=O)O4)CC1. The number of ketones is 1. The third kappa shape index (κ3) is 3.99. The zero-order chi connectivity index (χ0) is 24.0. The Labute approximate surface area is 193 Å². The maximum atomic E-state index is 13.1. The van der Waals surface area contributed by atoms with Crippen molar-refractivity contribution >= 4 is 27.1 Å². The summed E-state index contributed by atoms with van der Waals surface area (Å²) in [6.45, 7) is 1.50. The van der Waals surface area contributed by atoms with Gasteiger partial charge in [0.2, 0.25) is 0 Å². The Hall–Kier alpha value is -3.51. The van der Waals surface area contributed by atoms with Gasteiger partial charge in [-0.1, -0.05) is 6.07 Å². The first kappa shape index (κ1) is 22.3. The van der Waals surface area contributed by atoms with Crippen LogP contribution in [0.3, 0.4) is 0 Å². The number of halogens is 1. The average Bonchev–Trinajstić information content (AvgIpc) is 2.85. The van der Waals surface area contributed by atoms with Crippen LogP contribution < -0.4 is 19.7 Å². The lowest BCUT2D eigenvalue weighted by Gasteiger charge is -2.31. The fraction of sp³-hybridized carbons (Fsp3) is 0.318. The summed E-state index contributed by atoms with van der Waals surface area (Å²) in [6.07, 6.45) is 1.18. The van der Waals surface area contributed by atoms with E-state index in [4.69, 9.17) is 8.47 Å². The molecule has 0 amide bonds. The number of rotatable bonds is 5. The smallest absolute Gasteiger partial charge is 0.351 e. The van der Waals surface area contributed by atoms with Crippen LogP contribution in [0.2, 0.25) is 0 Å². The Kier molecular flexibility index (Phi) is 5.48. The van der Waals surface area contributed by atoms with Crippen LogP contribution in [0.15, 0.2) is 52.1 Å². The van der Waals surface area contributed by atoms with Gasteiger partial charge in [0.15, 0.2) is 11.5 Å². The fourth-order valence-electron chi connectivity index (χ4n) is 4.40. The van der Waals surface area contributed by atoms with Gasteiger partial charge in [-0.25, -0.2) is 9.18 Å². The number of hydrogen-bond acceptors (Lipinski definition) is 8. The van der Waals surface area contributed by atoms with Gasteiger partial charge >= 0.3 is 16.1 Å². The molecular formula is C22H20FN3O7S. The third-order valence-electron chi connectivity index (χ3n) is 6.17.